The van der Waals surface area contributed by atoms with E-state index in [9.17, 15) is 0 Å². The summed E-state index contributed by atoms with van der Waals surface area (Å²) >= 11 is 0. The van der Waals surface area contributed by atoms with Crippen LogP contribution in [0.1, 0.15) is 5.69 Å². The highest BCUT2D eigenvalue weighted by atomic mass is 16.5. The minimum atomic E-state index is 0.0999. The third kappa shape index (κ3) is 2.43. The van der Waals surface area contributed by atoms with Gasteiger partial charge in [-0.05, 0) is 13.0 Å². The fourth-order valence-electron chi connectivity index (χ4n) is 1.63. The van der Waals surface area contributed by atoms with Crippen LogP contribution in [0.15, 0.2) is 12.3 Å². The van der Waals surface area contributed by atoms with Gasteiger partial charge in [-0.3, -0.25) is 0 Å². The van der Waals surface area contributed by atoms with Gasteiger partial charge in [-0.1, -0.05) is 0 Å². The van der Waals surface area contributed by atoms with Crippen molar-refractivity contribution in [2.45, 2.75) is 13.0 Å². The number of nitrogens with zero attached hydrogens (tertiary/aromatic N) is 3. The van der Waals surface area contributed by atoms with Crippen LogP contribution in [0.25, 0.3) is 0 Å². The number of morpholine rings is 1. The van der Waals surface area contributed by atoms with E-state index in [4.69, 9.17) is 10.5 Å². The molecule has 0 spiro atoms. The van der Waals surface area contributed by atoms with Gasteiger partial charge in [-0.15, -0.1) is 0 Å². The molecule has 5 heteroatoms. The molecule has 0 aromatic carbocycles. The number of nitrogens with two attached hydrogens (primary N) is 1. The summed E-state index contributed by atoms with van der Waals surface area (Å²) in [7, 11) is 0. The molecule has 2 heterocycles. The van der Waals surface area contributed by atoms with Crippen LogP contribution in [0.2, 0.25) is 0 Å². The van der Waals surface area contributed by atoms with Crippen molar-refractivity contribution in [1.82, 2.24) is 9.97 Å². The lowest BCUT2D eigenvalue weighted by atomic mass is 10.3. The first-order valence-electron chi connectivity index (χ1n) is 5.16. The molecule has 2 rings (SSSR count). The van der Waals surface area contributed by atoms with Crippen molar-refractivity contribution >= 4 is 5.95 Å². The Morgan fingerprint density at radius 2 is 2.53 bits per heavy atom. The van der Waals surface area contributed by atoms with E-state index in [1.54, 1.807) is 6.20 Å². The van der Waals surface area contributed by atoms with Gasteiger partial charge in [0.1, 0.15) is 0 Å². The number of anilines is 1. The zero-order valence-electron chi connectivity index (χ0n) is 8.89. The third-order valence-corrected chi connectivity index (χ3v) is 2.47. The molecule has 0 radical (unpaired) electrons. The smallest absolute Gasteiger partial charge is 0.225 e. The van der Waals surface area contributed by atoms with Crippen LogP contribution in [0, 0.1) is 6.92 Å². The first-order chi connectivity index (χ1) is 7.29. The molecule has 1 aliphatic rings. The third-order valence-electron chi connectivity index (χ3n) is 2.47. The average Bonchev–Trinajstić information content (AvgIpc) is 2.29. The van der Waals surface area contributed by atoms with E-state index in [2.05, 4.69) is 14.9 Å². The average molecular weight is 208 g/mol. The molecule has 15 heavy (non-hydrogen) atoms. The number of hydrogen-bond acceptors (Lipinski definition) is 5. The Hall–Kier alpha value is -1.20. The second-order valence-electron chi connectivity index (χ2n) is 3.67. The Kier molecular flexibility index (Phi) is 3.13. The Bertz CT molecular complexity index is 331. The Morgan fingerprint density at radius 3 is 3.27 bits per heavy atom. The summed E-state index contributed by atoms with van der Waals surface area (Å²) in [5.74, 6) is 0.775. The normalized spacial score (nSPS) is 21.7. The van der Waals surface area contributed by atoms with Crippen molar-refractivity contribution in [3.63, 3.8) is 0 Å². The van der Waals surface area contributed by atoms with Gasteiger partial charge in [0.2, 0.25) is 5.95 Å². The summed E-state index contributed by atoms with van der Waals surface area (Å²) in [5, 5.41) is 0. The quantitative estimate of drug-likeness (QED) is 0.738. The van der Waals surface area contributed by atoms with Crippen molar-refractivity contribution in [1.29, 1.82) is 0 Å². The summed E-state index contributed by atoms with van der Waals surface area (Å²) in [6, 6.07) is 1.89. The molecule has 0 saturated carbocycles. The van der Waals surface area contributed by atoms with Crippen LogP contribution in [0.4, 0.5) is 5.95 Å². The molecule has 1 saturated heterocycles. The van der Waals surface area contributed by atoms with E-state index in [1.807, 2.05) is 13.0 Å². The van der Waals surface area contributed by atoms with E-state index >= 15 is 0 Å². The van der Waals surface area contributed by atoms with Gasteiger partial charge >= 0.3 is 0 Å². The summed E-state index contributed by atoms with van der Waals surface area (Å²) in [6.07, 6.45) is 1.88. The zero-order chi connectivity index (χ0) is 10.7. The number of rotatable bonds is 2. The van der Waals surface area contributed by atoms with Crippen LogP contribution in [0.3, 0.4) is 0 Å². The first-order valence-corrected chi connectivity index (χ1v) is 5.16. The highest BCUT2D eigenvalue weighted by molar-refractivity contribution is 5.30. The Morgan fingerprint density at radius 1 is 1.67 bits per heavy atom. The van der Waals surface area contributed by atoms with Crippen LogP contribution in [-0.4, -0.2) is 42.3 Å². The predicted molar refractivity (Wildman–Crippen MR) is 57.8 cm³/mol. The fraction of sp³-hybridized carbons (Fsp3) is 0.600. The van der Waals surface area contributed by atoms with Crippen molar-refractivity contribution in [2.24, 2.45) is 5.73 Å². The maximum absolute atomic E-state index is 5.58. The summed E-state index contributed by atoms with van der Waals surface area (Å²) in [6.45, 7) is 4.81. The maximum Gasteiger partial charge on any atom is 0.225 e. The molecule has 82 valence electrons. The standard InChI is InChI=1S/C10H16N4O/c1-8-2-3-12-10(13-8)14-4-5-15-9(6-11)7-14/h2-3,9H,4-7,11H2,1H3/t9-/m1/s1. The number of ether oxygens (including phenoxy) is 1. The predicted octanol–water partition coefficient (Wildman–Crippen LogP) is -0.0511. The molecule has 0 amide bonds. The van der Waals surface area contributed by atoms with Crippen LogP contribution in [0.5, 0.6) is 0 Å². The number of aromatic nitrogens is 2. The molecule has 1 aromatic heterocycles. The van der Waals surface area contributed by atoms with Gasteiger partial charge in [0.05, 0.1) is 12.7 Å². The largest absolute Gasteiger partial charge is 0.373 e. The van der Waals surface area contributed by atoms with E-state index in [0.717, 1.165) is 24.7 Å². The zero-order valence-corrected chi connectivity index (χ0v) is 8.89. The summed E-state index contributed by atoms with van der Waals surface area (Å²) < 4.78 is 5.49. The van der Waals surface area contributed by atoms with Crippen LogP contribution in [-0.2, 0) is 4.74 Å². The highest BCUT2D eigenvalue weighted by Gasteiger charge is 2.20. The van der Waals surface area contributed by atoms with Gasteiger partial charge in [0.15, 0.2) is 0 Å². The van der Waals surface area contributed by atoms with Gasteiger partial charge < -0.3 is 15.4 Å². The minimum Gasteiger partial charge on any atom is -0.373 e. The van der Waals surface area contributed by atoms with Gasteiger partial charge in [-0.2, -0.15) is 0 Å². The van der Waals surface area contributed by atoms with Crippen molar-refractivity contribution in [3.8, 4) is 0 Å². The summed E-state index contributed by atoms with van der Waals surface area (Å²) in [4.78, 5) is 10.8. The van der Waals surface area contributed by atoms with Crippen molar-refractivity contribution in [3.05, 3.63) is 18.0 Å². The van der Waals surface area contributed by atoms with Crippen molar-refractivity contribution < 1.29 is 4.74 Å². The van der Waals surface area contributed by atoms with Gasteiger partial charge in [0, 0.05) is 31.5 Å². The molecule has 2 N–H and O–H groups in total. The lowest BCUT2D eigenvalue weighted by molar-refractivity contribution is 0.0460. The minimum absolute atomic E-state index is 0.0999. The van der Waals surface area contributed by atoms with E-state index in [1.165, 1.54) is 0 Å². The molecule has 0 unspecified atom stereocenters. The summed E-state index contributed by atoms with van der Waals surface area (Å²) in [5.41, 5.74) is 6.56. The molecule has 0 bridgehead atoms. The van der Waals surface area contributed by atoms with E-state index in [0.29, 0.717) is 13.2 Å². The molecule has 1 aliphatic heterocycles. The molecular weight excluding hydrogens is 192 g/mol. The topological polar surface area (TPSA) is 64.3 Å². The number of aryl methyl sites for hydroxylation is 1. The Balaban J connectivity index is 2.09. The first kappa shape index (κ1) is 10.3. The molecule has 1 atom stereocenters. The van der Waals surface area contributed by atoms with Gasteiger partial charge in [-0.25, -0.2) is 9.97 Å². The van der Waals surface area contributed by atoms with Crippen molar-refractivity contribution in [2.75, 3.05) is 31.1 Å². The highest BCUT2D eigenvalue weighted by Crippen LogP contribution is 2.12. The molecule has 0 aliphatic carbocycles. The van der Waals surface area contributed by atoms with Crippen LogP contribution >= 0.6 is 0 Å². The fourth-order valence-corrected chi connectivity index (χ4v) is 1.63. The van der Waals surface area contributed by atoms with Gasteiger partial charge in [0.25, 0.3) is 0 Å². The second-order valence-corrected chi connectivity index (χ2v) is 3.67. The Labute approximate surface area is 89.3 Å². The lowest BCUT2D eigenvalue weighted by Crippen LogP contribution is -2.46. The molecule has 1 aromatic rings. The number of hydrogen-bond donors (Lipinski definition) is 1. The lowest BCUT2D eigenvalue weighted by Gasteiger charge is -2.32. The molecule has 5 nitrogen and oxygen atoms in total. The second kappa shape index (κ2) is 4.55. The molecule has 1 fully saturated rings. The maximum atomic E-state index is 5.58. The SMILES string of the molecule is Cc1ccnc(N2CCO[C@H](CN)C2)n1. The van der Waals surface area contributed by atoms with E-state index in [-0.39, 0.29) is 6.10 Å². The van der Waals surface area contributed by atoms with E-state index < -0.39 is 0 Å². The monoisotopic (exact) mass is 208 g/mol. The molecular formula is C10H16N4O. The van der Waals surface area contributed by atoms with Crippen LogP contribution < -0.4 is 10.6 Å².